The maximum absolute atomic E-state index is 4.70. The minimum atomic E-state index is 0.941. The lowest BCUT2D eigenvalue weighted by molar-refractivity contribution is 1.12. The van der Waals surface area contributed by atoms with Gasteiger partial charge in [-0.2, -0.15) is 0 Å². The van der Waals surface area contributed by atoms with E-state index in [1.54, 1.807) is 0 Å². The molecule has 2 aliphatic rings. The predicted molar refractivity (Wildman–Crippen MR) is 184 cm³/mol. The van der Waals surface area contributed by atoms with Crippen LogP contribution in [0.2, 0.25) is 0 Å². The molecule has 0 N–H and O–H groups in total. The third-order valence-electron chi connectivity index (χ3n) is 8.56. The van der Waals surface area contributed by atoms with E-state index in [0.29, 0.717) is 0 Å². The Hall–Kier alpha value is -6.20. The average molecular weight is 578 g/mol. The third kappa shape index (κ3) is 4.02. The van der Waals surface area contributed by atoms with Gasteiger partial charge in [0.2, 0.25) is 0 Å². The van der Waals surface area contributed by atoms with Crippen LogP contribution in [-0.4, -0.2) is 9.97 Å². The summed E-state index contributed by atoms with van der Waals surface area (Å²) in [5.41, 5.74) is 14.0. The lowest BCUT2D eigenvalue weighted by Gasteiger charge is -2.47. The van der Waals surface area contributed by atoms with Crippen molar-refractivity contribution in [2.75, 3.05) is 14.7 Å². The monoisotopic (exact) mass is 577 g/mol. The van der Waals surface area contributed by atoms with Crippen LogP contribution in [0.4, 0.5) is 51.2 Å². The number of para-hydroxylation sites is 3. The van der Waals surface area contributed by atoms with Crippen LogP contribution in [0.15, 0.2) is 164 Å². The van der Waals surface area contributed by atoms with Crippen molar-refractivity contribution in [1.82, 2.24) is 9.97 Å². The first-order chi connectivity index (χ1) is 22.3. The smallest absolute Gasteiger partial charge is 0.0947 e. The van der Waals surface area contributed by atoms with Gasteiger partial charge in [-0.05, 0) is 84.9 Å². The van der Waals surface area contributed by atoms with Gasteiger partial charge in [0.15, 0.2) is 0 Å². The molecule has 9 rings (SSSR count). The number of hydrogen-bond acceptors (Lipinski definition) is 5. The van der Waals surface area contributed by atoms with Crippen LogP contribution in [0, 0.1) is 0 Å². The van der Waals surface area contributed by atoms with Gasteiger partial charge in [0.25, 0.3) is 0 Å². The molecule has 5 aromatic carbocycles. The summed E-state index contributed by atoms with van der Waals surface area (Å²) in [5.74, 6) is 0. The van der Waals surface area contributed by atoms with E-state index < -0.39 is 0 Å². The Morgan fingerprint density at radius 3 is 1.24 bits per heavy atom. The summed E-state index contributed by atoms with van der Waals surface area (Å²) in [7, 11) is 0. The van der Waals surface area contributed by atoms with Crippen LogP contribution in [0.3, 0.4) is 0 Å². The van der Waals surface area contributed by atoms with Gasteiger partial charge in [-0.25, -0.2) is 0 Å². The van der Waals surface area contributed by atoms with Crippen LogP contribution in [0.1, 0.15) is 0 Å². The van der Waals surface area contributed by atoms with E-state index in [0.717, 1.165) is 73.7 Å². The fourth-order valence-electron chi connectivity index (χ4n) is 6.62. The molecule has 0 unspecified atom stereocenters. The molecule has 7 aromatic rings. The van der Waals surface area contributed by atoms with Gasteiger partial charge in [0, 0.05) is 34.9 Å². The van der Waals surface area contributed by atoms with E-state index in [1.807, 2.05) is 36.7 Å². The largest absolute Gasteiger partial charge is 0.306 e. The molecule has 0 aliphatic carbocycles. The van der Waals surface area contributed by atoms with Gasteiger partial charge in [0.05, 0.1) is 51.2 Å². The van der Waals surface area contributed by atoms with E-state index >= 15 is 0 Å². The highest BCUT2D eigenvalue weighted by molar-refractivity contribution is 6.13. The van der Waals surface area contributed by atoms with Gasteiger partial charge >= 0.3 is 0 Å². The molecule has 2 aliphatic heterocycles. The Balaban J connectivity index is 1.37. The van der Waals surface area contributed by atoms with E-state index in [9.17, 15) is 0 Å². The standard InChI is InChI=1S/C40H27N5/c1-3-12-30(13-4-1)43-34-22-20-28(32-16-7-9-24-41-32)26-38(34)45-39-27-29(33-17-8-10-25-42-33)21-23-35(39)44(31-14-5-2-6-15-31)37-19-11-18-36(43)40(37)45/h1-27H. The minimum Gasteiger partial charge on any atom is -0.306 e. The molecular weight excluding hydrogens is 550 g/mol. The van der Waals surface area contributed by atoms with E-state index in [4.69, 9.17) is 9.97 Å². The molecule has 2 aromatic heterocycles. The van der Waals surface area contributed by atoms with E-state index in [-0.39, 0.29) is 0 Å². The van der Waals surface area contributed by atoms with Crippen LogP contribution in [-0.2, 0) is 0 Å². The maximum Gasteiger partial charge on any atom is 0.0947 e. The summed E-state index contributed by atoms with van der Waals surface area (Å²) in [4.78, 5) is 16.6. The summed E-state index contributed by atoms with van der Waals surface area (Å²) in [5, 5.41) is 0. The molecule has 0 saturated carbocycles. The molecule has 0 atom stereocenters. The number of nitrogens with zero attached hydrogens (tertiary/aromatic N) is 5. The van der Waals surface area contributed by atoms with Crippen molar-refractivity contribution in [3.8, 4) is 22.5 Å². The van der Waals surface area contributed by atoms with Crippen LogP contribution >= 0.6 is 0 Å². The number of fused-ring (bicyclic) bond motifs is 4. The third-order valence-corrected chi connectivity index (χ3v) is 8.56. The highest BCUT2D eigenvalue weighted by Crippen LogP contribution is 2.63. The average Bonchev–Trinajstić information content (AvgIpc) is 3.12. The zero-order valence-electron chi connectivity index (χ0n) is 24.3. The first kappa shape index (κ1) is 25.3. The minimum absolute atomic E-state index is 0.941. The van der Waals surface area contributed by atoms with Crippen molar-refractivity contribution in [2.45, 2.75) is 0 Å². The van der Waals surface area contributed by atoms with Gasteiger partial charge in [0.1, 0.15) is 0 Å². The molecule has 0 spiro atoms. The fourth-order valence-corrected chi connectivity index (χ4v) is 6.62. The number of benzene rings is 5. The molecule has 0 fully saturated rings. The van der Waals surface area contributed by atoms with Crippen molar-refractivity contribution in [3.05, 3.63) is 164 Å². The Morgan fingerprint density at radius 2 is 0.800 bits per heavy atom. The van der Waals surface area contributed by atoms with E-state index in [2.05, 4.69) is 142 Å². The van der Waals surface area contributed by atoms with Gasteiger partial charge in [-0.3, -0.25) is 9.97 Å². The zero-order chi connectivity index (χ0) is 29.7. The maximum atomic E-state index is 4.70. The first-order valence-corrected chi connectivity index (χ1v) is 15.1. The normalized spacial score (nSPS) is 12.8. The number of anilines is 9. The lowest BCUT2D eigenvalue weighted by Crippen LogP contribution is -2.30. The Kier molecular flexibility index (Phi) is 5.74. The second-order valence-corrected chi connectivity index (χ2v) is 11.2. The molecule has 0 amide bonds. The Bertz CT molecular complexity index is 2010. The molecule has 5 nitrogen and oxygen atoms in total. The number of pyridine rings is 2. The number of aromatic nitrogens is 2. The highest BCUT2D eigenvalue weighted by Gasteiger charge is 2.39. The van der Waals surface area contributed by atoms with Crippen molar-refractivity contribution in [1.29, 1.82) is 0 Å². The SMILES string of the molecule is c1ccc(N2c3ccc(-c4ccccn4)cc3N3c4cc(-c5ccccn5)ccc4N(c4ccccc4)c4cccc2c43)cc1. The van der Waals surface area contributed by atoms with Crippen molar-refractivity contribution < 1.29 is 0 Å². The quantitative estimate of drug-likeness (QED) is 0.208. The summed E-state index contributed by atoms with van der Waals surface area (Å²) in [6, 6.07) is 53.4. The molecule has 5 heteroatoms. The van der Waals surface area contributed by atoms with Crippen molar-refractivity contribution in [2.24, 2.45) is 0 Å². The van der Waals surface area contributed by atoms with E-state index in [1.165, 1.54) is 0 Å². The van der Waals surface area contributed by atoms with Gasteiger partial charge in [-0.1, -0.05) is 66.7 Å². The Morgan fingerprint density at radius 1 is 0.333 bits per heavy atom. The predicted octanol–water partition coefficient (Wildman–Crippen LogP) is 10.8. The molecule has 0 saturated heterocycles. The van der Waals surface area contributed by atoms with Crippen molar-refractivity contribution >= 4 is 51.2 Å². The molecule has 0 radical (unpaired) electrons. The highest BCUT2D eigenvalue weighted by atomic mass is 15.3. The summed E-state index contributed by atoms with van der Waals surface area (Å²) >= 11 is 0. The van der Waals surface area contributed by atoms with Crippen LogP contribution in [0.5, 0.6) is 0 Å². The number of hydrogen-bond donors (Lipinski definition) is 0. The second-order valence-electron chi connectivity index (χ2n) is 11.2. The second kappa shape index (κ2) is 10.2. The zero-order valence-corrected chi connectivity index (χ0v) is 24.3. The summed E-state index contributed by atoms with van der Waals surface area (Å²) in [6.45, 7) is 0. The summed E-state index contributed by atoms with van der Waals surface area (Å²) < 4.78 is 0. The summed E-state index contributed by atoms with van der Waals surface area (Å²) in [6.07, 6.45) is 3.71. The van der Waals surface area contributed by atoms with Crippen LogP contribution in [0.25, 0.3) is 22.5 Å². The molecule has 212 valence electrons. The topological polar surface area (TPSA) is 35.5 Å². The molecular formula is C40H27N5. The first-order valence-electron chi connectivity index (χ1n) is 15.1. The fraction of sp³-hybridized carbons (Fsp3) is 0. The molecule has 45 heavy (non-hydrogen) atoms. The number of rotatable bonds is 4. The van der Waals surface area contributed by atoms with Crippen molar-refractivity contribution in [3.63, 3.8) is 0 Å². The molecule has 4 heterocycles. The molecule has 0 bridgehead atoms. The lowest BCUT2D eigenvalue weighted by atomic mass is 9.96. The van der Waals surface area contributed by atoms with Crippen LogP contribution < -0.4 is 14.7 Å². The van der Waals surface area contributed by atoms with Gasteiger partial charge < -0.3 is 14.7 Å². The Labute approximate surface area is 261 Å². The van der Waals surface area contributed by atoms with Gasteiger partial charge in [-0.15, -0.1) is 0 Å².